The van der Waals surface area contributed by atoms with Crippen molar-refractivity contribution in [3.05, 3.63) is 18.0 Å². The number of hydrogen-bond donors (Lipinski definition) is 1. The van der Waals surface area contributed by atoms with Crippen LogP contribution in [0.3, 0.4) is 0 Å². The zero-order valence-corrected chi connectivity index (χ0v) is 10.5. The van der Waals surface area contributed by atoms with E-state index in [0.717, 1.165) is 5.56 Å². The molecule has 1 fully saturated rings. The van der Waals surface area contributed by atoms with Crippen LogP contribution in [-0.2, 0) is 0 Å². The highest BCUT2D eigenvalue weighted by molar-refractivity contribution is 5.12. The molecular weight excluding hydrogens is 243 g/mol. The summed E-state index contributed by atoms with van der Waals surface area (Å²) in [5.41, 5.74) is 0.845. The number of alkyl halides is 3. The summed E-state index contributed by atoms with van der Waals surface area (Å²) in [4.78, 5) is 2.12. The van der Waals surface area contributed by atoms with Gasteiger partial charge in [0.25, 0.3) is 0 Å². The van der Waals surface area contributed by atoms with Crippen molar-refractivity contribution in [2.75, 3.05) is 6.54 Å². The third-order valence-corrected chi connectivity index (χ3v) is 3.67. The Morgan fingerprint density at radius 2 is 2.17 bits per heavy atom. The summed E-state index contributed by atoms with van der Waals surface area (Å²) >= 11 is 0. The van der Waals surface area contributed by atoms with Gasteiger partial charge in [-0.25, -0.2) is 0 Å². The van der Waals surface area contributed by atoms with Gasteiger partial charge in [-0.3, -0.25) is 10.00 Å². The highest BCUT2D eigenvalue weighted by Crippen LogP contribution is 2.42. The minimum Gasteiger partial charge on any atom is -0.294 e. The zero-order valence-electron chi connectivity index (χ0n) is 10.5. The standard InChI is InChI=1S/C12H18F3N3/c1-8(2)18-4-3-10(12(13,14)15)5-11(18)9-6-16-17-7-9/h6-8,10-11H,3-5H2,1-2H3,(H,16,17)/t10-,11+/m1/s1. The average Bonchev–Trinajstić information content (AvgIpc) is 2.80. The Bertz CT molecular complexity index is 372. The number of rotatable bonds is 2. The van der Waals surface area contributed by atoms with Gasteiger partial charge < -0.3 is 0 Å². The molecule has 0 aromatic carbocycles. The molecule has 102 valence electrons. The lowest BCUT2D eigenvalue weighted by atomic mass is 9.87. The predicted molar refractivity (Wildman–Crippen MR) is 61.9 cm³/mol. The van der Waals surface area contributed by atoms with Crippen LogP contribution in [0.25, 0.3) is 0 Å². The van der Waals surface area contributed by atoms with Crippen molar-refractivity contribution in [3.63, 3.8) is 0 Å². The maximum absolute atomic E-state index is 12.8. The molecule has 0 saturated carbocycles. The summed E-state index contributed by atoms with van der Waals surface area (Å²) in [6, 6.07) is 0.0446. The second-order valence-corrected chi connectivity index (χ2v) is 5.14. The Balaban J connectivity index is 2.19. The predicted octanol–water partition coefficient (Wildman–Crippen LogP) is 3.13. The van der Waals surface area contributed by atoms with Crippen LogP contribution < -0.4 is 0 Å². The number of nitrogens with zero attached hydrogens (tertiary/aromatic N) is 2. The minimum atomic E-state index is -4.09. The van der Waals surface area contributed by atoms with Crippen molar-refractivity contribution in [3.8, 4) is 0 Å². The molecule has 1 saturated heterocycles. The first kappa shape index (κ1) is 13.4. The number of halogens is 3. The minimum absolute atomic E-state index is 0.126. The highest BCUT2D eigenvalue weighted by atomic mass is 19.4. The lowest BCUT2D eigenvalue weighted by molar-refractivity contribution is -0.191. The number of nitrogens with one attached hydrogen (secondary N) is 1. The van der Waals surface area contributed by atoms with Gasteiger partial charge in [-0.1, -0.05) is 0 Å². The van der Waals surface area contributed by atoms with Crippen molar-refractivity contribution in [1.29, 1.82) is 0 Å². The van der Waals surface area contributed by atoms with Gasteiger partial charge in [0.15, 0.2) is 0 Å². The molecule has 0 radical (unpaired) electrons. The van der Waals surface area contributed by atoms with Crippen LogP contribution >= 0.6 is 0 Å². The Morgan fingerprint density at radius 3 is 2.67 bits per heavy atom. The second-order valence-electron chi connectivity index (χ2n) is 5.14. The number of hydrogen-bond acceptors (Lipinski definition) is 2. The molecule has 6 heteroatoms. The van der Waals surface area contributed by atoms with Crippen molar-refractivity contribution < 1.29 is 13.2 Å². The maximum atomic E-state index is 12.8. The van der Waals surface area contributed by atoms with Crippen LogP contribution in [0, 0.1) is 5.92 Å². The van der Waals surface area contributed by atoms with Crippen molar-refractivity contribution in [2.45, 2.75) is 44.9 Å². The lowest BCUT2D eigenvalue weighted by Crippen LogP contribution is -2.44. The first-order valence-electron chi connectivity index (χ1n) is 6.20. The number of piperidine rings is 1. The molecule has 2 rings (SSSR count). The van der Waals surface area contributed by atoms with Crippen LogP contribution in [-0.4, -0.2) is 33.9 Å². The monoisotopic (exact) mass is 261 g/mol. The van der Waals surface area contributed by atoms with Crippen molar-refractivity contribution in [2.24, 2.45) is 5.92 Å². The first-order chi connectivity index (χ1) is 8.39. The molecule has 1 aliphatic rings. The molecule has 0 aliphatic carbocycles. The molecular formula is C12H18F3N3. The first-order valence-corrected chi connectivity index (χ1v) is 6.20. The molecule has 0 amide bonds. The van der Waals surface area contributed by atoms with Gasteiger partial charge in [0, 0.05) is 23.8 Å². The summed E-state index contributed by atoms with van der Waals surface area (Å²) < 4.78 is 38.5. The fraction of sp³-hybridized carbons (Fsp3) is 0.750. The molecule has 0 spiro atoms. The molecule has 2 heterocycles. The van der Waals surface area contributed by atoms with Crippen LogP contribution in [0.15, 0.2) is 12.4 Å². The van der Waals surface area contributed by atoms with Crippen LogP contribution in [0.2, 0.25) is 0 Å². The summed E-state index contributed by atoms with van der Waals surface area (Å²) in [7, 11) is 0. The molecule has 1 N–H and O–H groups in total. The fourth-order valence-corrected chi connectivity index (χ4v) is 2.67. The van der Waals surface area contributed by atoms with Crippen LogP contribution in [0.1, 0.15) is 38.3 Å². The van der Waals surface area contributed by atoms with Crippen LogP contribution in [0.5, 0.6) is 0 Å². The van der Waals surface area contributed by atoms with Crippen LogP contribution in [0.4, 0.5) is 13.2 Å². The zero-order chi connectivity index (χ0) is 13.3. The Kier molecular flexibility index (Phi) is 3.66. The van der Waals surface area contributed by atoms with Gasteiger partial charge in [-0.2, -0.15) is 18.3 Å². The summed E-state index contributed by atoms with van der Waals surface area (Å²) in [5.74, 6) is -1.20. The molecule has 0 bridgehead atoms. The molecule has 2 atom stereocenters. The number of aromatic nitrogens is 2. The van der Waals surface area contributed by atoms with E-state index in [2.05, 4.69) is 15.1 Å². The second kappa shape index (κ2) is 4.91. The van der Waals surface area contributed by atoms with Gasteiger partial charge in [0.05, 0.1) is 12.1 Å². The van der Waals surface area contributed by atoms with Gasteiger partial charge >= 0.3 is 6.18 Å². The normalized spacial score (nSPS) is 26.8. The molecule has 3 nitrogen and oxygen atoms in total. The lowest BCUT2D eigenvalue weighted by Gasteiger charge is -2.42. The van der Waals surface area contributed by atoms with E-state index < -0.39 is 12.1 Å². The SMILES string of the molecule is CC(C)N1CC[C@@H](C(F)(F)F)C[C@H]1c1cn[nH]c1. The maximum Gasteiger partial charge on any atom is 0.391 e. The summed E-state index contributed by atoms with van der Waals surface area (Å²) in [6.07, 6.45) is -0.458. The Morgan fingerprint density at radius 1 is 1.44 bits per heavy atom. The van der Waals surface area contributed by atoms with E-state index in [-0.39, 0.29) is 24.9 Å². The van der Waals surface area contributed by atoms with E-state index >= 15 is 0 Å². The van der Waals surface area contributed by atoms with E-state index in [1.165, 1.54) is 0 Å². The van der Waals surface area contributed by atoms with E-state index in [4.69, 9.17) is 0 Å². The summed E-state index contributed by atoms with van der Waals surface area (Å²) in [6.45, 7) is 4.51. The number of aromatic amines is 1. The van der Waals surface area contributed by atoms with Crippen molar-refractivity contribution >= 4 is 0 Å². The Hall–Kier alpha value is -1.04. The van der Waals surface area contributed by atoms with Crippen molar-refractivity contribution in [1.82, 2.24) is 15.1 Å². The third-order valence-electron chi connectivity index (χ3n) is 3.67. The van der Waals surface area contributed by atoms with E-state index in [0.29, 0.717) is 6.54 Å². The quantitative estimate of drug-likeness (QED) is 0.887. The molecule has 1 aromatic rings. The third kappa shape index (κ3) is 2.68. The smallest absolute Gasteiger partial charge is 0.294 e. The molecule has 1 aliphatic heterocycles. The average molecular weight is 261 g/mol. The van der Waals surface area contributed by atoms with Gasteiger partial charge in [0.1, 0.15) is 0 Å². The molecule has 1 aromatic heterocycles. The number of H-pyrrole nitrogens is 1. The molecule has 0 unspecified atom stereocenters. The van der Waals surface area contributed by atoms with E-state index in [1.807, 2.05) is 13.8 Å². The number of likely N-dealkylation sites (tertiary alicyclic amines) is 1. The molecule has 18 heavy (non-hydrogen) atoms. The van der Waals surface area contributed by atoms with Gasteiger partial charge in [0.2, 0.25) is 0 Å². The van der Waals surface area contributed by atoms with Gasteiger partial charge in [-0.15, -0.1) is 0 Å². The van der Waals surface area contributed by atoms with Gasteiger partial charge in [-0.05, 0) is 33.2 Å². The Labute approximate surface area is 104 Å². The topological polar surface area (TPSA) is 31.9 Å². The highest BCUT2D eigenvalue weighted by Gasteiger charge is 2.45. The fourth-order valence-electron chi connectivity index (χ4n) is 2.67. The largest absolute Gasteiger partial charge is 0.391 e. The van der Waals surface area contributed by atoms with E-state index in [1.54, 1.807) is 12.4 Å². The van der Waals surface area contributed by atoms with E-state index in [9.17, 15) is 13.2 Å². The summed E-state index contributed by atoms with van der Waals surface area (Å²) in [5, 5.41) is 6.53.